The first kappa shape index (κ1) is 16.8. The lowest BCUT2D eigenvalue weighted by molar-refractivity contribution is 0.247. The highest BCUT2D eigenvalue weighted by Crippen LogP contribution is 2.15. The Balaban J connectivity index is 1.72. The van der Waals surface area contributed by atoms with Crippen LogP contribution in [-0.4, -0.2) is 38.8 Å². The van der Waals surface area contributed by atoms with Crippen molar-refractivity contribution < 1.29 is 17.9 Å². The summed E-state index contributed by atoms with van der Waals surface area (Å²) in [6, 6.07) is 9.21. The maximum Gasteiger partial charge on any atom is 0.319 e. The highest BCUT2D eigenvalue weighted by molar-refractivity contribution is 7.90. The largest absolute Gasteiger partial charge is 0.492 e. The SMILES string of the molecule is CS(=O)(=O)c1ccc(OCCNC(=O)Nc2cccnc2)cc1. The molecule has 122 valence electrons. The van der Waals surface area contributed by atoms with Crippen molar-refractivity contribution in [2.75, 3.05) is 24.7 Å². The molecule has 0 radical (unpaired) electrons. The van der Waals surface area contributed by atoms with Crippen LogP contribution in [0.3, 0.4) is 0 Å². The van der Waals surface area contributed by atoms with Gasteiger partial charge in [0.25, 0.3) is 0 Å². The Bertz CT molecular complexity index is 746. The number of hydrogen-bond acceptors (Lipinski definition) is 5. The van der Waals surface area contributed by atoms with E-state index in [1.807, 2.05) is 0 Å². The zero-order chi connectivity index (χ0) is 16.7. The molecular weight excluding hydrogens is 318 g/mol. The second-order valence-corrected chi connectivity index (χ2v) is 6.73. The van der Waals surface area contributed by atoms with E-state index >= 15 is 0 Å². The number of urea groups is 1. The summed E-state index contributed by atoms with van der Waals surface area (Å²) in [7, 11) is -3.21. The maximum atomic E-state index is 11.6. The average Bonchev–Trinajstić information content (AvgIpc) is 2.52. The second kappa shape index (κ2) is 7.59. The van der Waals surface area contributed by atoms with Crippen LogP contribution in [-0.2, 0) is 9.84 Å². The van der Waals surface area contributed by atoms with Gasteiger partial charge in [-0.15, -0.1) is 0 Å². The summed E-state index contributed by atoms with van der Waals surface area (Å²) >= 11 is 0. The molecule has 1 heterocycles. The van der Waals surface area contributed by atoms with Crippen LogP contribution < -0.4 is 15.4 Å². The van der Waals surface area contributed by atoms with Gasteiger partial charge in [-0.3, -0.25) is 4.98 Å². The fourth-order valence-corrected chi connectivity index (χ4v) is 2.36. The van der Waals surface area contributed by atoms with Gasteiger partial charge in [0.2, 0.25) is 0 Å². The lowest BCUT2D eigenvalue weighted by Crippen LogP contribution is -2.32. The smallest absolute Gasteiger partial charge is 0.319 e. The van der Waals surface area contributed by atoms with Gasteiger partial charge in [0.15, 0.2) is 9.84 Å². The van der Waals surface area contributed by atoms with E-state index in [-0.39, 0.29) is 17.5 Å². The number of rotatable bonds is 6. The minimum absolute atomic E-state index is 0.235. The molecule has 0 saturated heterocycles. The molecule has 0 bridgehead atoms. The van der Waals surface area contributed by atoms with Gasteiger partial charge in [-0.05, 0) is 36.4 Å². The summed E-state index contributed by atoms with van der Waals surface area (Å²) in [4.78, 5) is 15.7. The standard InChI is InChI=1S/C15H17N3O4S/c1-23(20,21)14-6-4-13(5-7-14)22-10-9-17-15(19)18-12-3-2-8-16-11-12/h2-8,11H,9-10H2,1H3,(H2,17,18,19). The van der Waals surface area contributed by atoms with Crippen molar-refractivity contribution in [2.45, 2.75) is 4.90 Å². The van der Waals surface area contributed by atoms with Crippen LogP contribution >= 0.6 is 0 Å². The zero-order valence-corrected chi connectivity index (χ0v) is 13.3. The normalized spacial score (nSPS) is 10.8. The first-order valence-electron chi connectivity index (χ1n) is 6.83. The Labute approximate surface area is 134 Å². The van der Waals surface area contributed by atoms with Crippen LogP contribution in [0, 0.1) is 0 Å². The molecule has 7 nitrogen and oxygen atoms in total. The third kappa shape index (κ3) is 5.59. The molecule has 2 aromatic rings. The second-order valence-electron chi connectivity index (χ2n) is 4.71. The summed E-state index contributed by atoms with van der Waals surface area (Å²) in [5, 5.41) is 5.27. The lowest BCUT2D eigenvalue weighted by atomic mass is 10.3. The third-order valence-corrected chi connectivity index (χ3v) is 3.96. The van der Waals surface area contributed by atoms with Crippen molar-refractivity contribution >= 4 is 21.6 Å². The molecule has 2 rings (SSSR count). The van der Waals surface area contributed by atoms with Crippen molar-refractivity contribution in [3.05, 3.63) is 48.8 Å². The number of nitrogens with zero attached hydrogens (tertiary/aromatic N) is 1. The van der Waals surface area contributed by atoms with E-state index in [1.165, 1.54) is 12.1 Å². The summed E-state index contributed by atoms with van der Waals surface area (Å²) < 4.78 is 28.1. The Morgan fingerprint density at radius 1 is 1.22 bits per heavy atom. The van der Waals surface area contributed by atoms with Crippen LogP contribution in [0.15, 0.2) is 53.7 Å². The molecule has 0 saturated carbocycles. The van der Waals surface area contributed by atoms with Crippen molar-refractivity contribution in [3.63, 3.8) is 0 Å². The number of ether oxygens (including phenoxy) is 1. The fraction of sp³-hybridized carbons (Fsp3) is 0.200. The molecule has 0 unspecified atom stereocenters. The van der Waals surface area contributed by atoms with Gasteiger partial charge < -0.3 is 15.4 Å². The predicted octanol–water partition coefficient (Wildman–Crippen LogP) is 1.69. The number of anilines is 1. The van der Waals surface area contributed by atoms with Crippen LogP contribution in [0.1, 0.15) is 0 Å². The topological polar surface area (TPSA) is 97.4 Å². The third-order valence-electron chi connectivity index (χ3n) is 2.83. The number of pyridine rings is 1. The number of amides is 2. The molecule has 1 aromatic heterocycles. The maximum absolute atomic E-state index is 11.6. The molecule has 0 aliphatic heterocycles. The number of aromatic nitrogens is 1. The van der Waals surface area contributed by atoms with Gasteiger partial charge in [-0.2, -0.15) is 0 Å². The Morgan fingerprint density at radius 3 is 2.57 bits per heavy atom. The Kier molecular flexibility index (Phi) is 5.53. The minimum atomic E-state index is -3.21. The van der Waals surface area contributed by atoms with Gasteiger partial charge in [0, 0.05) is 12.5 Å². The Morgan fingerprint density at radius 2 is 1.96 bits per heavy atom. The molecule has 1 aromatic carbocycles. The monoisotopic (exact) mass is 335 g/mol. The number of nitrogens with one attached hydrogen (secondary N) is 2. The molecule has 0 fully saturated rings. The molecule has 8 heteroatoms. The molecule has 0 aliphatic rings. The van der Waals surface area contributed by atoms with Crippen LogP contribution in [0.25, 0.3) is 0 Å². The van der Waals surface area contributed by atoms with E-state index in [4.69, 9.17) is 4.74 Å². The quantitative estimate of drug-likeness (QED) is 0.783. The predicted molar refractivity (Wildman–Crippen MR) is 86.3 cm³/mol. The van der Waals surface area contributed by atoms with Gasteiger partial charge in [-0.25, -0.2) is 13.2 Å². The first-order valence-corrected chi connectivity index (χ1v) is 8.72. The van der Waals surface area contributed by atoms with E-state index < -0.39 is 9.84 Å². The average molecular weight is 335 g/mol. The number of benzene rings is 1. The number of carbonyl (C=O) groups excluding carboxylic acids is 1. The first-order chi connectivity index (χ1) is 10.9. The number of carbonyl (C=O) groups is 1. The fourth-order valence-electron chi connectivity index (χ4n) is 1.73. The van der Waals surface area contributed by atoms with Crippen molar-refractivity contribution in [3.8, 4) is 5.75 Å². The van der Waals surface area contributed by atoms with Crippen LogP contribution in [0.2, 0.25) is 0 Å². The van der Waals surface area contributed by atoms with Gasteiger partial charge in [-0.1, -0.05) is 0 Å². The lowest BCUT2D eigenvalue weighted by Gasteiger charge is -2.09. The number of sulfone groups is 1. The molecule has 0 spiro atoms. The molecule has 0 aliphatic carbocycles. The van der Waals surface area contributed by atoms with Crippen molar-refractivity contribution in [1.82, 2.24) is 10.3 Å². The summed E-state index contributed by atoms with van der Waals surface area (Å²) in [5.41, 5.74) is 0.599. The van der Waals surface area contributed by atoms with E-state index in [0.29, 0.717) is 18.0 Å². The van der Waals surface area contributed by atoms with Crippen LogP contribution in [0.4, 0.5) is 10.5 Å². The Hall–Kier alpha value is -2.61. The van der Waals surface area contributed by atoms with E-state index in [9.17, 15) is 13.2 Å². The zero-order valence-electron chi connectivity index (χ0n) is 12.5. The van der Waals surface area contributed by atoms with Gasteiger partial charge in [0.05, 0.1) is 23.3 Å². The van der Waals surface area contributed by atoms with Gasteiger partial charge in [0.1, 0.15) is 12.4 Å². The number of hydrogen-bond donors (Lipinski definition) is 2. The molecule has 2 amide bonds. The van der Waals surface area contributed by atoms with Crippen LogP contribution in [0.5, 0.6) is 5.75 Å². The highest BCUT2D eigenvalue weighted by atomic mass is 32.2. The minimum Gasteiger partial charge on any atom is -0.492 e. The summed E-state index contributed by atoms with van der Waals surface area (Å²) in [6.07, 6.45) is 4.30. The van der Waals surface area contributed by atoms with Crippen molar-refractivity contribution in [1.29, 1.82) is 0 Å². The van der Waals surface area contributed by atoms with E-state index in [1.54, 1.807) is 36.7 Å². The molecule has 0 atom stereocenters. The molecule has 2 N–H and O–H groups in total. The summed E-state index contributed by atoms with van der Waals surface area (Å²) in [5.74, 6) is 0.534. The van der Waals surface area contributed by atoms with Crippen molar-refractivity contribution in [2.24, 2.45) is 0 Å². The van der Waals surface area contributed by atoms with E-state index in [2.05, 4.69) is 15.6 Å². The molecular formula is C15H17N3O4S. The summed E-state index contributed by atoms with van der Waals surface area (Å²) in [6.45, 7) is 0.568. The van der Waals surface area contributed by atoms with E-state index in [0.717, 1.165) is 6.26 Å². The molecule has 23 heavy (non-hydrogen) atoms. The van der Waals surface area contributed by atoms with Gasteiger partial charge >= 0.3 is 6.03 Å². The highest BCUT2D eigenvalue weighted by Gasteiger charge is 2.06.